The number of anilines is 1. The van der Waals surface area contributed by atoms with Gasteiger partial charge in [0.1, 0.15) is 11.4 Å². The third-order valence-electron chi connectivity index (χ3n) is 5.61. The Hall–Kier alpha value is -4.13. The second-order valence-electron chi connectivity index (χ2n) is 8.75. The van der Waals surface area contributed by atoms with Crippen molar-refractivity contribution < 1.29 is 19.4 Å². The number of carboxylic acid groups (broad SMARTS) is 1. The van der Waals surface area contributed by atoms with Crippen molar-refractivity contribution in [1.82, 2.24) is 15.0 Å². The summed E-state index contributed by atoms with van der Waals surface area (Å²) >= 11 is 6.48. The molecule has 10 heteroatoms. The molecule has 0 bridgehead atoms. The van der Waals surface area contributed by atoms with Crippen molar-refractivity contribution in [3.63, 3.8) is 0 Å². The van der Waals surface area contributed by atoms with Crippen molar-refractivity contribution in [2.45, 2.75) is 32.4 Å². The van der Waals surface area contributed by atoms with Crippen LogP contribution in [-0.4, -0.2) is 31.1 Å². The third kappa shape index (κ3) is 4.82. The van der Waals surface area contributed by atoms with Crippen molar-refractivity contribution in [2.75, 3.05) is 5.32 Å². The van der Waals surface area contributed by atoms with Crippen molar-refractivity contribution in [1.29, 1.82) is 5.26 Å². The van der Waals surface area contributed by atoms with Crippen LogP contribution in [0.3, 0.4) is 0 Å². The number of aliphatic hydroxyl groups is 1. The normalized spacial score (nSPS) is 12.2. The van der Waals surface area contributed by atoms with Crippen LogP contribution in [0, 0.1) is 17.1 Å². The number of benzene rings is 2. The predicted octanol–water partition coefficient (Wildman–Crippen LogP) is 5.45. The lowest BCUT2D eigenvalue weighted by atomic mass is 10.0. The summed E-state index contributed by atoms with van der Waals surface area (Å²) in [6.45, 7) is 4.84. The highest BCUT2D eigenvalue weighted by molar-refractivity contribution is 6.37. The van der Waals surface area contributed by atoms with Gasteiger partial charge in [-0.3, -0.25) is 0 Å². The van der Waals surface area contributed by atoms with Gasteiger partial charge >= 0.3 is 5.97 Å². The second kappa shape index (κ2) is 9.49. The van der Waals surface area contributed by atoms with Crippen LogP contribution < -0.4 is 5.32 Å². The summed E-state index contributed by atoms with van der Waals surface area (Å²) in [7, 11) is 0. The van der Waals surface area contributed by atoms with Crippen molar-refractivity contribution >= 4 is 34.2 Å². The smallest absolute Gasteiger partial charge is 0.356 e. The molecule has 3 N–H and O–H groups in total. The molecule has 2 aromatic heterocycles. The standard InChI is InChI=1S/C26H21ClFN5O3/c1-13(17-8-14(10-29)4-6-19(17)28)32-22-18-9-15(16-11-30-25(31-12-16)26(2,3)36)5-7-20(18)33-23(21(22)27)24(34)35/h4-9,11-13,36H,1-3H3,(H,32,33)(H,34,35). The summed E-state index contributed by atoms with van der Waals surface area (Å²) in [5, 5.41) is 32.4. The van der Waals surface area contributed by atoms with E-state index in [4.69, 9.17) is 11.6 Å². The number of aromatic nitrogens is 3. The minimum absolute atomic E-state index is 0.135. The number of fused-ring (bicyclic) bond motifs is 1. The van der Waals surface area contributed by atoms with Crippen LogP contribution in [-0.2, 0) is 5.60 Å². The van der Waals surface area contributed by atoms with Crippen LogP contribution in [0.5, 0.6) is 0 Å². The number of rotatable bonds is 6. The predicted molar refractivity (Wildman–Crippen MR) is 133 cm³/mol. The lowest BCUT2D eigenvalue weighted by Gasteiger charge is -2.20. The van der Waals surface area contributed by atoms with E-state index in [2.05, 4.69) is 20.3 Å². The van der Waals surface area contributed by atoms with Crippen molar-refractivity contribution in [2.24, 2.45) is 0 Å². The van der Waals surface area contributed by atoms with Crippen LogP contribution in [0.25, 0.3) is 22.0 Å². The first-order chi connectivity index (χ1) is 17.0. The van der Waals surface area contributed by atoms with Gasteiger partial charge in [-0.1, -0.05) is 17.7 Å². The largest absolute Gasteiger partial charge is 0.476 e. The summed E-state index contributed by atoms with van der Waals surface area (Å²) in [6.07, 6.45) is 3.14. The fourth-order valence-electron chi connectivity index (χ4n) is 3.73. The van der Waals surface area contributed by atoms with Gasteiger partial charge < -0.3 is 15.5 Å². The maximum atomic E-state index is 14.6. The summed E-state index contributed by atoms with van der Waals surface area (Å²) in [5.41, 5.74) is 0.912. The number of nitrogens with one attached hydrogen (secondary N) is 1. The maximum Gasteiger partial charge on any atom is 0.356 e. The van der Waals surface area contributed by atoms with E-state index in [1.54, 1.807) is 51.4 Å². The van der Waals surface area contributed by atoms with Gasteiger partial charge in [-0.25, -0.2) is 24.1 Å². The molecule has 8 nitrogen and oxygen atoms in total. The molecule has 2 heterocycles. The van der Waals surface area contributed by atoms with Gasteiger partial charge in [-0.2, -0.15) is 5.26 Å². The molecule has 0 aliphatic carbocycles. The van der Waals surface area contributed by atoms with E-state index in [1.165, 1.54) is 18.2 Å². The lowest BCUT2D eigenvalue weighted by Crippen LogP contribution is -2.19. The Labute approximate surface area is 211 Å². The number of nitriles is 1. The Kier molecular flexibility index (Phi) is 6.59. The minimum Gasteiger partial charge on any atom is -0.476 e. The Morgan fingerprint density at radius 3 is 2.47 bits per heavy atom. The maximum absolute atomic E-state index is 14.6. The van der Waals surface area contributed by atoms with E-state index in [0.717, 1.165) is 0 Å². The Bertz CT molecular complexity index is 1530. The molecule has 4 rings (SSSR count). The van der Waals surface area contributed by atoms with Gasteiger partial charge in [-0.05, 0) is 56.7 Å². The number of halogens is 2. The minimum atomic E-state index is -1.31. The summed E-state index contributed by atoms with van der Waals surface area (Å²) in [4.78, 5) is 24.5. The first-order valence-electron chi connectivity index (χ1n) is 10.9. The third-order valence-corrected chi connectivity index (χ3v) is 5.98. The molecule has 0 aliphatic rings. The number of hydrogen-bond acceptors (Lipinski definition) is 7. The zero-order valence-corrected chi connectivity index (χ0v) is 20.3. The molecule has 4 aromatic rings. The molecule has 0 amide bonds. The molecule has 0 fully saturated rings. The van der Waals surface area contributed by atoms with Crippen molar-refractivity contribution in [3.8, 4) is 17.2 Å². The van der Waals surface area contributed by atoms with Gasteiger partial charge in [0.15, 0.2) is 11.5 Å². The molecule has 0 spiro atoms. The Balaban J connectivity index is 1.84. The zero-order chi connectivity index (χ0) is 26.2. The van der Waals surface area contributed by atoms with Gasteiger partial charge in [0.05, 0.1) is 33.9 Å². The molecule has 36 heavy (non-hydrogen) atoms. The van der Waals surface area contributed by atoms with E-state index in [0.29, 0.717) is 22.0 Å². The summed E-state index contributed by atoms with van der Waals surface area (Å²) < 4.78 is 14.6. The Morgan fingerprint density at radius 2 is 1.86 bits per heavy atom. The first-order valence-corrected chi connectivity index (χ1v) is 11.2. The quantitative estimate of drug-likeness (QED) is 0.315. The SMILES string of the molecule is CC(Nc1c(Cl)c(C(=O)O)nc2ccc(-c3cnc(C(C)(C)O)nc3)cc12)c1cc(C#N)ccc1F. The number of carboxylic acids is 1. The number of hydrogen-bond donors (Lipinski definition) is 3. The highest BCUT2D eigenvalue weighted by Crippen LogP contribution is 2.37. The molecule has 2 aromatic carbocycles. The molecule has 0 aliphatic heterocycles. The van der Waals surface area contributed by atoms with Crippen LogP contribution in [0.2, 0.25) is 5.02 Å². The molecule has 0 saturated heterocycles. The summed E-state index contributed by atoms with van der Waals surface area (Å²) in [5.74, 6) is -1.57. The molecule has 182 valence electrons. The molecule has 0 saturated carbocycles. The van der Waals surface area contributed by atoms with Crippen LogP contribution in [0.4, 0.5) is 10.1 Å². The van der Waals surface area contributed by atoms with Gasteiger partial charge in [-0.15, -0.1) is 0 Å². The fraction of sp³-hybridized carbons (Fsp3) is 0.192. The van der Waals surface area contributed by atoms with Crippen molar-refractivity contribution in [3.05, 3.63) is 82.3 Å². The van der Waals surface area contributed by atoms with Crippen LogP contribution >= 0.6 is 11.6 Å². The highest BCUT2D eigenvalue weighted by Gasteiger charge is 2.22. The van der Waals surface area contributed by atoms with Gasteiger partial charge in [0.2, 0.25) is 0 Å². The number of nitrogens with zero attached hydrogens (tertiary/aromatic N) is 4. The van der Waals surface area contributed by atoms with Crippen LogP contribution in [0.1, 0.15) is 54.3 Å². The number of aromatic carboxylic acids is 1. The lowest BCUT2D eigenvalue weighted by molar-refractivity contribution is 0.0681. The average Bonchev–Trinajstić information content (AvgIpc) is 2.84. The average molecular weight is 506 g/mol. The van der Waals surface area contributed by atoms with E-state index in [9.17, 15) is 24.7 Å². The Morgan fingerprint density at radius 1 is 1.17 bits per heavy atom. The molecule has 1 unspecified atom stereocenters. The topological polar surface area (TPSA) is 132 Å². The summed E-state index contributed by atoms with van der Waals surface area (Å²) in [6, 6.07) is 10.5. The second-order valence-corrected chi connectivity index (χ2v) is 9.13. The van der Waals surface area contributed by atoms with E-state index >= 15 is 0 Å². The van der Waals surface area contributed by atoms with Gasteiger partial charge in [0, 0.05) is 28.9 Å². The van der Waals surface area contributed by atoms with E-state index in [-0.39, 0.29) is 33.4 Å². The first kappa shape index (κ1) is 25.0. The molecular formula is C26H21ClFN5O3. The number of carbonyl (C=O) groups is 1. The van der Waals surface area contributed by atoms with E-state index < -0.39 is 23.4 Å². The zero-order valence-electron chi connectivity index (χ0n) is 19.5. The highest BCUT2D eigenvalue weighted by atomic mass is 35.5. The molecule has 0 radical (unpaired) electrons. The number of pyridine rings is 1. The monoisotopic (exact) mass is 505 g/mol. The van der Waals surface area contributed by atoms with E-state index in [1.807, 2.05) is 6.07 Å². The molecule has 1 atom stereocenters. The van der Waals surface area contributed by atoms with Gasteiger partial charge in [0.25, 0.3) is 0 Å². The van der Waals surface area contributed by atoms with Crippen LogP contribution in [0.15, 0.2) is 48.8 Å². The fourth-order valence-corrected chi connectivity index (χ4v) is 4.01. The molecular weight excluding hydrogens is 485 g/mol.